The fourth-order valence-corrected chi connectivity index (χ4v) is 3.00. The number of esters is 1. The highest BCUT2D eigenvalue weighted by Crippen LogP contribution is 2.38. The lowest BCUT2D eigenvalue weighted by Gasteiger charge is -2.28. The van der Waals surface area contributed by atoms with Crippen molar-refractivity contribution in [3.05, 3.63) is 52.8 Å². The van der Waals surface area contributed by atoms with Crippen LogP contribution < -0.4 is 18.9 Å². The number of carbonyl (C=O) groups excluding carboxylic acids is 1. The second kappa shape index (κ2) is 8.03. The van der Waals surface area contributed by atoms with Crippen molar-refractivity contribution >= 4 is 12.0 Å². The van der Waals surface area contributed by atoms with Gasteiger partial charge in [-0.15, -0.1) is 0 Å². The third kappa shape index (κ3) is 4.29. The topological polar surface area (TPSA) is 63.2 Å². The first-order valence-electron chi connectivity index (χ1n) is 8.95. The van der Waals surface area contributed by atoms with Gasteiger partial charge in [-0.3, -0.25) is 0 Å². The van der Waals surface area contributed by atoms with E-state index >= 15 is 0 Å². The Kier molecular flexibility index (Phi) is 5.68. The molecule has 1 aliphatic heterocycles. The molecule has 0 spiro atoms. The minimum absolute atomic E-state index is 0.0918. The Balaban J connectivity index is 1.80. The van der Waals surface area contributed by atoms with Gasteiger partial charge in [-0.1, -0.05) is 6.08 Å². The summed E-state index contributed by atoms with van der Waals surface area (Å²) in [5, 5.41) is 0. The molecular weight excluding hydrogens is 378 g/mol. The van der Waals surface area contributed by atoms with Crippen LogP contribution in [0.5, 0.6) is 23.0 Å². The molecule has 2 aromatic carbocycles. The van der Waals surface area contributed by atoms with Crippen molar-refractivity contribution in [2.45, 2.75) is 26.1 Å². The number of carbonyl (C=O) groups is 1. The summed E-state index contributed by atoms with van der Waals surface area (Å²) in [5.74, 6) is 0.198. The van der Waals surface area contributed by atoms with Crippen molar-refractivity contribution in [3.63, 3.8) is 0 Å². The van der Waals surface area contributed by atoms with E-state index in [4.69, 9.17) is 23.7 Å². The van der Waals surface area contributed by atoms with Crippen LogP contribution in [-0.2, 0) is 11.3 Å². The lowest BCUT2D eigenvalue weighted by Crippen LogP contribution is -2.27. The summed E-state index contributed by atoms with van der Waals surface area (Å²) in [5.41, 5.74) is 0.527. The smallest absolute Gasteiger partial charge is 0.341 e. The molecule has 2 aromatic rings. The molecule has 0 amide bonds. The average Bonchev–Trinajstić information content (AvgIpc) is 2.69. The second-order valence-corrected chi connectivity index (χ2v) is 7.02. The van der Waals surface area contributed by atoms with Crippen molar-refractivity contribution in [1.29, 1.82) is 0 Å². The normalized spacial score (nSPS) is 13.9. The van der Waals surface area contributed by atoms with Gasteiger partial charge in [0.05, 0.1) is 26.9 Å². The summed E-state index contributed by atoms with van der Waals surface area (Å²) in [7, 11) is 4.48. The van der Waals surface area contributed by atoms with Crippen molar-refractivity contribution < 1.29 is 32.9 Å². The Bertz CT molecular complexity index is 939. The van der Waals surface area contributed by atoms with Gasteiger partial charge >= 0.3 is 5.97 Å². The predicted molar refractivity (Wildman–Crippen MR) is 105 cm³/mol. The van der Waals surface area contributed by atoms with Crippen molar-refractivity contribution in [2.75, 3.05) is 21.3 Å². The molecule has 0 aromatic heterocycles. The van der Waals surface area contributed by atoms with Gasteiger partial charge in [-0.25, -0.2) is 9.18 Å². The summed E-state index contributed by atoms with van der Waals surface area (Å²) in [4.78, 5) is 12.5. The Morgan fingerprint density at radius 3 is 2.28 bits per heavy atom. The van der Waals surface area contributed by atoms with Gasteiger partial charge in [0, 0.05) is 11.6 Å². The first-order chi connectivity index (χ1) is 13.8. The molecule has 0 radical (unpaired) electrons. The van der Waals surface area contributed by atoms with E-state index in [2.05, 4.69) is 0 Å². The molecular formula is C22H23FO6. The number of rotatable bonds is 6. The SMILES string of the molecule is COc1cc(COC(=O)c2cc3c(cc2[18F])OC(C)(C)C=C3)cc(OC)c1OC. The molecule has 3 rings (SSSR count). The quantitative estimate of drug-likeness (QED) is 0.669. The van der Waals surface area contributed by atoms with Gasteiger partial charge < -0.3 is 23.7 Å². The van der Waals surface area contributed by atoms with Gasteiger partial charge in [0.1, 0.15) is 23.8 Å². The zero-order valence-corrected chi connectivity index (χ0v) is 17.0. The van der Waals surface area contributed by atoms with Crippen LogP contribution in [-0.4, -0.2) is 32.9 Å². The first kappa shape index (κ1) is 20.5. The average molecular weight is 401 g/mol. The molecule has 6 nitrogen and oxygen atoms in total. The molecule has 1 aliphatic rings. The number of fused-ring (bicyclic) bond motifs is 1. The third-order valence-corrected chi connectivity index (χ3v) is 4.45. The lowest BCUT2D eigenvalue weighted by molar-refractivity contribution is 0.0466. The number of methoxy groups -OCH3 is 3. The summed E-state index contributed by atoms with van der Waals surface area (Å²) in [6.07, 6.45) is 3.65. The fourth-order valence-electron chi connectivity index (χ4n) is 3.00. The number of hydrogen-bond acceptors (Lipinski definition) is 6. The fraction of sp³-hybridized carbons (Fsp3) is 0.318. The molecule has 0 saturated heterocycles. The van der Waals surface area contributed by atoms with E-state index in [1.807, 2.05) is 19.9 Å². The lowest BCUT2D eigenvalue weighted by atomic mass is 10.0. The monoisotopic (exact) mass is 401 g/mol. The Hall–Kier alpha value is -3.22. The van der Waals surface area contributed by atoms with Crippen molar-refractivity contribution in [3.8, 4) is 23.0 Å². The highest BCUT2D eigenvalue weighted by molar-refractivity contribution is 5.91. The molecule has 0 aliphatic carbocycles. The zero-order valence-electron chi connectivity index (χ0n) is 17.0. The van der Waals surface area contributed by atoms with E-state index in [1.165, 1.54) is 33.5 Å². The molecule has 29 heavy (non-hydrogen) atoms. The van der Waals surface area contributed by atoms with Crippen LogP contribution in [0.25, 0.3) is 6.08 Å². The van der Waals surface area contributed by atoms with E-state index in [9.17, 15) is 9.18 Å². The maximum atomic E-state index is 14.5. The van der Waals surface area contributed by atoms with Crippen LogP contribution in [0.1, 0.15) is 35.3 Å². The van der Waals surface area contributed by atoms with Crippen LogP contribution in [0, 0.1) is 5.82 Å². The third-order valence-electron chi connectivity index (χ3n) is 4.45. The molecule has 0 unspecified atom stereocenters. The molecule has 0 N–H and O–H groups in total. The van der Waals surface area contributed by atoms with Gasteiger partial charge in [0.15, 0.2) is 11.5 Å². The molecule has 1 heterocycles. The van der Waals surface area contributed by atoms with Crippen molar-refractivity contribution in [2.24, 2.45) is 0 Å². The first-order valence-corrected chi connectivity index (χ1v) is 8.95. The van der Waals surface area contributed by atoms with Crippen LogP contribution in [0.3, 0.4) is 0 Å². The van der Waals surface area contributed by atoms with E-state index in [0.717, 1.165) is 0 Å². The van der Waals surface area contributed by atoms with E-state index in [0.29, 0.717) is 34.1 Å². The number of halogens is 1. The van der Waals surface area contributed by atoms with E-state index in [1.54, 1.807) is 18.2 Å². The summed E-state index contributed by atoms with van der Waals surface area (Å²) < 4.78 is 41.3. The second-order valence-electron chi connectivity index (χ2n) is 7.02. The molecule has 0 bridgehead atoms. The summed E-state index contributed by atoms with van der Waals surface area (Å²) in [6, 6.07) is 5.96. The molecule has 0 fully saturated rings. The van der Waals surface area contributed by atoms with Crippen LogP contribution in [0.4, 0.5) is 4.39 Å². The maximum Gasteiger partial charge on any atom is 0.341 e. The minimum atomic E-state index is -0.780. The highest BCUT2D eigenvalue weighted by Gasteiger charge is 2.25. The molecule has 154 valence electrons. The standard InChI is InChI=1S/C22H23FO6/c1-22(2)7-6-14-10-15(16(23)11-17(14)29-22)21(24)28-12-13-8-18(25-3)20(27-5)19(9-13)26-4/h6-11H,12H2,1-5H3/i23-1. The number of hydrogen-bond donors (Lipinski definition) is 0. The Morgan fingerprint density at radius 2 is 1.69 bits per heavy atom. The van der Waals surface area contributed by atoms with E-state index < -0.39 is 17.4 Å². The summed E-state index contributed by atoms with van der Waals surface area (Å²) in [6.45, 7) is 3.64. The zero-order chi connectivity index (χ0) is 21.2. The predicted octanol–water partition coefficient (Wildman–Crippen LogP) is 4.39. The minimum Gasteiger partial charge on any atom is -0.493 e. The summed E-state index contributed by atoms with van der Waals surface area (Å²) >= 11 is 0. The van der Waals surface area contributed by atoms with Gasteiger partial charge in [-0.05, 0) is 43.7 Å². The maximum absolute atomic E-state index is 14.5. The largest absolute Gasteiger partial charge is 0.493 e. The molecule has 0 saturated carbocycles. The van der Waals surface area contributed by atoms with Crippen LogP contribution in [0.2, 0.25) is 0 Å². The van der Waals surface area contributed by atoms with Crippen LogP contribution in [0.15, 0.2) is 30.3 Å². The van der Waals surface area contributed by atoms with Crippen LogP contribution >= 0.6 is 0 Å². The highest BCUT2D eigenvalue weighted by atomic mass is 18.2. The van der Waals surface area contributed by atoms with Crippen molar-refractivity contribution in [1.82, 2.24) is 0 Å². The number of benzene rings is 2. The Morgan fingerprint density at radius 1 is 1.03 bits per heavy atom. The van der Waals surface area contributed by atoms with Gasteiger partial charge in [0.25, 0.3) is 0 Å². The molecule has 7 heteroatoms. The van der Waals surface area contributed by atoms with E-state index in [-0.39, 0.29) is 12.2 Å². The van der Waals surface area contributed by atoms with Gasteiger partial charge in [-0.2, -0.15) is 0 Å². The van der Waals surface area contributed by atoms with Gasteiger partial charge in [0.2, 0.25) is 5.75 Å². The molecule has 0 atom stereocenters. The Labute approximate surface area is 168 Å². The number of ether oxygens (including phenoxy) is 5.